The van der Waals surface area contributed by atoms with Crippen LogP contribution >= 0.6 is 35.6 Å². The maximum atomic E-state index is 6.17. The van der Waals surface area contributed by atoms with Gasteiger partial charge in [-0.25, -0.2) is 0 Å². The third kappa shape index (κ3) is 3.37. The smallest absolute Gasteiger partial charge is 0.0409 e. The van der Waals surface area contributed by atoms with Crippen molar-refractivity contribution in [1.82, 2.24) is 5.32 Å². The van der Waals surface area contributed by atoms with Crippen LogP contribution in [-0.2, 0) is 0 Å². The van der Waals surface area contributed by atoms with Gasteiger partial charge in [0.15, 0.2) is 0 Å². The van der Waals surface area contributed by atoms with Crippen molar-refractivity contribution in [2.24, 2.45) is 0 Å². The van der Waals surface area contributed by atoms with Gasteiger partial charge in [0.1, 0.15) is 0 Å². The van der Waals surface area contributed by atoms with Gasteiger partial charge in [0.2, 0.25) is 0 Å². The van der Waals surface area contributed by atoms with E-state index >= 15 is 0 Å². The first kappa shape index (κ1) is 16.6. The van der Waals surface area contributed by atoms with Gasteiger partial charge in [-0.2, -0.15) is 0 Å². The monoisotopic (exact) mass is 341 g/mol. The molecule has 1 aliphatic carbocycles. The van der Waals surface area contributed by atoms with Crippen molar-refractivity contribution in [3.05, 3.63) is 69.2 Å². The fraction of sp³-hybridized carbons (Fsp3) is 0.294. The average molecular weight is 343 g/mol. The summed E-state index contributed by atoms with van der Waals surface area (Å²) in [6, 6.07) is 14.8. The Morgan fingerprint density at radius 3 is 2.24 bits per heavy atom. The zero-order chi connectivity index (χ0) is 14.1. The van der Waals surface area contributed by atoms with Crippen molar-refractivity contribution in [3.63, 3.8) is 0 Å². The Morgan fingerprint density at radius 1 is 0.905 bits per heavy atom. The van der Waals surface area contributed by atoms with E-state index in [1.165, 1.54) is 16.7 Å². The molecule has 0 unspecified atom stereocenters. The molecule has 0 saturated carbocycles. The summed E-state index contributed by atoms with van der Waals surface area (Å²) in [4.78, 5) is 0. The predicted molar refractivity (Wildman–Crippen MR) is 93.0 cm³/mol. The second kappa shape index (κ2) is 7.02. The molecule has 0 aromatic heterocycles. The highest BCUT2D eigenvalue weighted by molar-refractivity contribution is 6.30. The Kier molecular flexibility index (Phi) is 5.56. The molecule has 0 bridgehead atoms. The molecule has 2 aromatic carbocycles. The number of fused-ring (bicyclic) bond motifs is 1. The zero-order valence-electron chi connectivity index (χ0n) is 11.8. The summed E-state index contributed by atoms with van der Waals surface area (Å²) in [5.41, 5.74) is 4.03. The fourth-order valence-corrected chi connectivity index (χ4v) is 3.46. The minimum atomic E-state index is 0. The van der Waals surface area contributed by atoms with E-state index in [9.17, 15) is 0 Å². The second-order valence-electron chi connectivity index (χ2n) is 5.30. The molecule has 3 rings (SSSR count). The molecule has 0 saturated heterocycles. The molecular formula is C17H18Cl3N. The first-order chi connectivity index (χ1) is 9.69. The van der Waals surface area contributed by atoms with E-state index in [4.69, 9.17) is 23.2 Å². The van der Waals surface area contributed by atoms with Crippen molar-refractivity contribution >= 4 is 35.6 Å². The van der Waals surface area contributed by atoms with Crippen molar-refractivity contribution in [3.8, 4) is 0 Å². The third-order valence-corrected chi connectivity index (χ3v) is 4.65. The Bertz CT molecular complexity index is 610. The van der Waals surface area contributed by atoms with Gasteiger partial charge >= 0.3 is 0 Å². The van der Waals surface area contributed by atoms with Gasteiger partial charge in [0.05, 0.1) is 0 Å². The Balaban J connectivity index is 0.00000161. The lowest BCUT2D eigenvalue weighted by Gasteiger charge is -2.32. The maximum Gasteiger partial charge on any atom is 0.0409 e. The predicted octanol–water partition coefficient (Wildman–Crippen LogP) is 5.60. The van der Waals surface area contributed by atoms with E-state index in [0.29, 0.717) is 12.0 Å². The Hall–Kier alpha value is -0.730. The molecule has 112 valence electrons. The van der Waals surface area contributed by atoms with Gasteiger partial charge in [-0.15, -0.1) is 12.4 Å². The summed E-state index contributed by atoms with van der Waals surface area (Å²) in [7, 11) is 2.01. The van der Waals surface area contributed by atoms with E-state index in [0.717, 1.165) is 22.9 Å². The van der Waals surface area contributed by atoms with E-state index in [1.54, 1.807) is 0 Å². The van der Waals surface area contributed by atoms with Crippen molar-refractivity contribution in [2.75, 3.05) is 7.05 Å². The number of halogens is 3. The van der Waals surface area contributed by atoms with Crippen LogP contribution in [0.15, 0.2) is 42.5 Å². The number of rotatable bonds is 2. The van der Waals surface area contributed by atoms with Gasteiger partial charge in [0, 0.05) is 22.0 Å². The minimum Gasteiger partial charge on any atom is -0.313 e. The van der Waals surface area contributed by atoms with E-state index in [1.807, 2.05) is 25.2 Å². The summed E-state index contributed by atoms with van der Waals surface area (Å²) in [5.74, 6) is 0.434. The normalized spacial score (nSPS) is 20.5. The molecule has 0 radical (unpaired) electrons. The molecule has 2 atom stereocenters. The van der Waals surface area contributed by atoms with Gasteiger partial charge in [0.25, 0.3) is 0 Å². The van der Waals surface area contributed by atoms with Crippen LogP contribution in [0.2, 0.25) is 10.0 Å². The molecule has 0 heterocycles. The lowest BCUT2D eigenvalue weighted by atomic mass is 9.77. The SMILES string of the molecule is CN[C@@H]1CC[C@H](c2ccc(Cl)cc2)c2ccc(Cl)cc21.Cl. The molecule has 1 nitrogen and oxygen atoms in total. The first-order valence-corrected chi connectivity index (χ1v) is 7.66. The van der Waals surface area contributed by atoms with E-state index in [-0.39, 0.29) is 12.4 Å². The van der Waals surface area contributed by atoms with Gasteiger partial charge in [-0.3, -0.25) is 0 Å². The molecule has 21 heavy (non-hydrogen) atoms. The van der Waals surface area contributed by atoms with Crippen LogP contribution in [0.25, 0.3) is 0 Å². The highest BCUT2D eigenvalue weighted by atomic mass is 35.5. The Morgan fingerprint density at radius 2 is 1.57 bits per heavy atom. The van der Waals surface area contributed by atoms with E-state index in [2.05, 4.69) is 29.6 Å². The average Bonchev–Trinajstić information content (AvgIpc) is 2.47. The first-order valence-electron chi connectivity index (χ1n) is 6.91. The summed E-state index contributed by atoms with van der Waals surface area (Å²) in [6.45, 7) is 0. The van der Waals surface area contributed by atoms with Gasteiger partial charge in [-0.1, -0.05) is 41.4 Å². The molecule has 1 N–H and O–H groups in total. The highest BCUT2D eigenvalue weighted by Crippen LogP contribution is 2.42. The lowest BCUT2D eigenvalue weighted by molar-refractivity contribution is 0.471. The molecular weight excluding hydrogens is 325 g/mol. The standard InChI is InChI=1S/C17H17Cl2N.ClH/c1-20-17-9-8-14(11-2-4-12(18)5-3-11)15-7-6-13(19)10-16(15)17;/h2-7,10,14,17,20H,8-9H2,1H3;1H/t14-,17-;/m1./s1. The molecule has 1 aliphatic rings. The molecule has 0 fully saturated rings. The van der Waals surface area contributed by atoms with Crippen LogP contribution in [0.1, 0.15) is 41.5 Å². The maximum absolute atomic E-state index is 6.17. The van der Waals surface area contributed by atoms with Crippen LogP contribution in [0.4, 0.5) is 0 Å². The quantitative estimate of drug-likeness (QED) is 0.749. The Labute approximate surface area is 142 Å². The summed E-state index contributed by atoms with van der Waals surface area (Å²) >= 11 is 12.2. The van der Waals surface area contributed by atoms with Crippen LogP contribution in [0.3, 0.4) is 0 Å². The highest BCUT2D eigenvalue weighted by Gasteiger charge is 2.27. The van der Waals surface area contributed by atoms with Crippen molar-refractivity contribution < 1.29 is 0 Å². The lowest BCUT2D eigenvalue weighted by Crippen LogP contribution is -2.24. The summed E-state index contributed by atoms with van der Waals surface area (Å²) in [6.07, 6.45) is 2.26. The minimum absolute atomic E-state index is 0. The molecule has 0 spiro atoms. The molecule has 2 aromatic rings. The number of nitrogens with one attached hydrogen (secondary N) is 1. The number of benzene rings is 2. The largest absolute Gasteiger partial charge is 0.313 e. The molecule has 0 amide bonds. The topological polar surface area (TPSA) is 12.0 Å². The van der Waals surface area contributed by atoms with Gasteiger partial charge < -0.3 is 5.32 Å². The van der Waals surface area contributed by atoms with Crippen LogP contribution in [0, 0.1) is 0 Å². The summed E-state index contributed by atoms with van der Waals surface area (Å²) < 4.78 is 0. The second-order valence-corrected chi connectivity index (χ2v) is 6.17. The molecule has 0 aliphatic heterocycles. The van der Waals surface area contributed by atoms with Crippen LogP contribution in [-0.4, -0.2) is 7.05 Å². The third-order valence-electron chi connectivity index (χ3n) is 4.16. The van der Waals surface area contributed by atoms with Crippen LogP contribution < -0.4 is 5.32 Å². The number of hydrogen-bond acceptors (Lipinski definition) is 1. The fourth-order valence-electron chi connectivity index (χ4n) is 3.15. The molecule has 4 heteroatoms. The van der Waals surface area contributed by atoms with Gasteiger partial charge in [-0.05, 0) is 60.8 Å². The van der Waals surface area contributed by atoms with Crippen molar-refractivity contribution in [2.45, 2.75) is 24.8 Å². The van der Waals surface area contributed by atoms with Crippen LogP contribution in [0.5, 0.6) is 0 Å². The zero-order valence-corrected chi connectivity index (χ0v) is 14.1. The van der Waals surface area contributed by atoms with E-state index < -0.39 is 0 Å². The summed E-state index contributed by atoms with van der Waals surface area (Å²) in [5, 5.41) is 4.98. The van der Waals surface area contributed by atoms with Crippen molar-refractivity contribution in [1.29, 1.82) is 0 Å². The number of hydrogen-bond donors (Lipinski definition) is 1.